The van der Waals surface area contributed by atoms with E-state index in [0.29, 0.717) is 19.0 Å². The van der Waals surface area contributed by atoms with Crippen LogP contribution in [-0.4, -0.2) is 44.0 Å². The van der Waals surface area contributed by atoms with Crippen molar-refractivity contribution in [3.05, 3.63) is 0 Å². The number of carbonyl (C=O) groups is 1. The summed E-state index contributed by atoms with van der Waals surface area (Å²) in [7, 11) is -3.18. The summed E-state index contributed by atoms with van der Waals surface area (Å²) in [6, 6.07) is 0.117. The highest BCUT2D eigenvalue weighted by Gasteiger charge is 2.30. The van der Waals surface area contributed by atoms with E-state index in [-0.39, 0.29) is 17.9 Å². The summed E-state index contributed by atoms with van der Waals surface area (Å²) in [6.45, 7) is 6.92. The molecule has 0 spiro atoms. The van der Waals surface area contributed by atoms with Crippen LogP contribution in [0.4, 0.5) is 0 Å². The predicted molar refractivity (Wildman–Crippen MR) is 71.6 cm³/mol. The SMILES string of the molecule is CC(C)C(C)NC(=O)C1CCCN(S(C)(=O)=O)C1. The first-order valence-corrected chi connectivity index (χ1v) is 8.32. The fourth-order valence-corrected chi connectivity index (χ4v) is 2.88. The lowest BCUT2D eigenvalue weighted by Crippen LogP contribution is -2.47. The molecule has 1 saturated heterocycles. The van der Waals surface area contributed by atoms with E-state index in [2.05, 4.69) is 19.2 Å². The number of carbonyl (C=O) groups excluding carboxylic acids is 1. The van der Waals surface area contributed by atoms with E-state index in [4.69, 9.17) is 0 Å². The van der Waals surface area contributed by atoms with E-state index in [9.17, 15) is 13.2 Å². The lowest BCUT2D eigenvalue weighted by Gasteiger charge is -2.31. The molecule has 0 radical (unpaired) electrons. The summed E-state index contributed by atoms with van der Waals surface area (Å²) in [5, 5.41) is 2.96. The summed E-state index contributed by atoms with van der Waals surface area (Å²) in [4.78, 5) is 12.1. The van der Waals surface area contributed by atoms with Gasteiger partial charge in [-0.15, -0.1) is 0 Å². The average Bonchev–Trinajstić information content (AvgIpc) is 2.27. The molecule has 5 nitrogen and oxygen atoms in total. The number of rotatable bonds is 4. The van der Waals surface area contributed by atoms with Crippen LogP contribution < -0.4 is 5.32 Å². The summed E-state index contributed by atoms with van der Waals surface area (Å²) in [5.74, 6) is 0.141. The van der Waals surface area contributed by atoms with Gasteiger partial charge in [0, 0.05) is 19.1 Å². The average molecular weight is 276 g/mol. The van der Waals surface area contributed by atoms with Crippen LogP contribution in [0.2, 0.25) is 0 Å². The minimum atomic E-state index is -3.18. The van der Waals surface area contributed by atoms with Gasteiger partial charge in [-0.3, -0.25) is 4.79 Å². The highest BCUT2D eigenvalue weighted by molar-refractivity contribution is 7.88. The van der Waals surface area contributed by atoms with Crippen LogP contribution in [-0.2, 0) is 14.8 Å². The van der Waals surface area contributed by atoms with Gasteiger partial charge in [-0.1, -0.05) is 13.8 Å². The van der Waals surface area contributed by atoms with Crippen LogP contribution in [0.5, 0.6) is 0 Å². The second-order valence-electron chi connectivity index (χ2n) is 5.50. The molecular weight excluding hydrogens is 252 g/mol. The number of nitrogens with zero attached hydrogens (tertiary/aromatic N) is 1. The van der Waals surface area contributed by atoms with E-state index in [0.717, 1.165) is 12.8 Å². The van der Waals surface area contributed by atoms with E-state index < -0.39 is 10.0 Å². The van der Waals surface area contributed by atoms with Crippen molar-refractivity contribution in [2.75, 3.05) is 19.3 Å². The zero-order chi connectivity index (χ0) is 13.9. The molecule has 0 bridgehead atoms. The van der Waals surface area contributed by atoms with Gasteiger partial charge in [-0.2, -0.15) is 0 Å². The number of amides is 1. The lowest BCUT2D eigenvalue weighted by atomic mass is 9.97. The zero-order valence-corrected chi connectivity index (χ0v) is 12.5. The van der Waals surface area contributed by atoms with E-state index in [1.165, 1.54) is 10.6 Å². The van der Waals surface area contributed by atoms with Gasteiger partial charge in [-0.05, 0) is 25.7 Å². The maximum absolute atomic E-state index is 12.1. The molecule has 0 aromatic rings. The Balaban J connectivity index is 2.59. The quantitative estimate of drug-likeness (QED) is 0.826. The number of nitrogens with one attached hydrogen (secondary N) is 1. The van der Waals surface area contributed by atoms with Gasteiger partial charge >= 0.3 is 0 Å². The lowest BCUT2D eigenvalue weighted by molar-refractivity contribution is -0.127. The highest BCUT2D eigenvalue weighted by Crippen LogP contribution is 2.19. The number of hydrogen-bond donors (Lipinski definition) is 1. The molecule has 2 unspecified atom stereocenters. The Kier molecular flexibility index (Phi) is 5.16. The van der Waals surface area contributed by atoms with Gasteiger partial charge in [0.25, 0.3) is 0 Å². The standard InChI is InChI=1S/C12H24N2O3S/c1-9(2)10(3)13-12(15)11-6-5-7-14(8-11)18(4,16)17/h9-11H,5-8H2,1-4H3,(H,13,15). The van der Waals surface area contributed by atoms with Crippen molar-refractivity contribution >= 4 is 15.9 Å². The first-order valence-electron chi connectivity index (χ1n) is 6.47. The molecule has 0 saturated carbocycles. The monoisotopic (exact) mass is 276 g/mol. The summed E-state index contributed by atoms with van der Waals surface area (Å²) in [5.41, 5.74) is 0. The summed E-state index contributed by atoms with van der Waals surface area (Å²) >= 11 is 0. The van der Waals surface area contributed by atoms with Crippen molar-refractivity contribution in [1.29, 1.82) is 0 Å². The van der Waals surface area contributed by atoms with Crippen LogP contribution in [0, 0.1) is 11.8 Å². The smallest absolute Gasteiger partial charge is 0.224 e. The molecule has 1 fully saturated rings. The molecular formula is C12H24N2O3S. The van der Waals surface area contributed by atoms with Crippen molar-refractivity contribution in [3.63, 3.8) is 0 Å². The molecule has 18 heavy (non-hydrogen) atoms. The van der Waals surface area contributed by atoms with E-state index in [1.807, 2.05) is 6.92 Å². The number of hydrogen-bond acceptors (Lipinski definition) is 3. The molecule has 1 aliphatic rings. The Morgan fingerprint density at radius 1 is 1.33 bits per heavy atom. The molecule has 1 heterocycles. The fourth-order valence-electron chi connectivity index (χ4n) is 1.97. The Morgan fingerprint density at radius 2 is 1.94 bits per heavy atom. The van der Waals surface area contributed by atoms with Crippen LogP contribution in [0.3, 0.4) is 0 Å². The third kappa shape index (κ3) is 4.24. The summed E-state index contributed by atoms with van der Waals surface area (Å²) < 4.78 is 24.4. The van der Waals surface area contributed by atoms with E-state index in [1.54, 1.807) is 0 Å². The van der Waals surface area contributed by atoms with Crippen molar-refractivity contribution < 1.29 is 13.2 Å². The van der Waals surface area contributed by atoms with Crippen LogP contribution >= 0.6 is 0 Å². The molecule has 106 valence electrons. The fraction of sp³-hybridized carbons (Fsp3) is 0.917. The third-order valence-electron chi connectivity index (χ3n) is 3.59. The molecule has 6 heteroatoms. The number of piperidine rings is 1. The first kappa shape index (κ1) is 15.4. The number of sulfonamides is 1. The maximum Gasteiger partial charge on any atom is 0.224 e. The Morgan fingerprint density at radius 3 is 2.44 bits per heavy atom. The van der Waals surface area contributed by atoms with Gasteiger partial charge < -0.3 is 5.32 Å². The minimum absolute atomic E-state index is 0.0236. The van der Waals surface area contributed by atoms with Gasteiger partial charge in [0.05, 0.1) is 12.2 Å². The second-order valence-corrected chi connectivity index (χ2v) is 7.48. The van der Waals surface area contributed by atoms with Gasteiger partial charge in [0.1, 0.15) is 0 Å². The van der Waals surface area contributed by atoms with Crippen LogP contribution in [0.1, 0.15) is 33.6 Å². The van der Waals surface area contributed by atoms with Crippen molar-refractivity contribution in [2.45, 2.75) is 39.7 Å². The zero-order valence-electron chi connectivity index (χ0n) is 11.6. The second kappa shape index (κ2) is 6.02. The molecule has 0 aromatic heterocycles. The molecule has 0 aliphatic carbocycles. The molecule has 1 N–H and O–H groups in total. The molecule has 1 aliphatic heterocycles. The normalized spacial score (nSPS) is 23.9. The van der Waals surface area contributed by atoms with Gasteiger partial charge in [0.2, 0.25) is 15.9 Å². The van der Waals surface area contributed by atoms with Crippen molar-refractivity contribution in [2.24, 2.45) is 11.8 Å². The first-order chi connectivity index (χ1) is 8.21. The topological polar surface area (TPSA) is 66.5 Å². The van der Waals surface area contributed by atoms with Gasteiger partial charge in [-0.25, -0.2) is 12.7 Å². The molecule has 1 rings (SSSR count). The van der Waals surface area contributed by atoms with E-state index >= 15 is 0 Å². The largest absolute Gasteiger partial charge is 0.353 e. The van der Waals surface area contributed by atoms with Crippen molar-refractivity contribution in [3.8, 4) is 0 Å². The predicted octanol–water partition coefficient (Wildman–Crippen LogP) is 0.819. The van der Waals surface area contributed by atoms with Gasteiger partial charge in [0.15, 0.2) is 0 Å². The molecule has 1 amide bonds. The molecule has 0 aromatic carbocycles. The van der Waals surface area contributed by atoms with Crippen LogP contribution in [0.15, 0.2) is 0 Å². The Hall–Kier alpha value is -0.620. The molecule has 2 atom stereocenters. The minimum Gasteiger partial charge on any atom is -0.353 e. The highest BCUT2D eigenvalue weighted by atomic mass is 32.2. The maximum atomic E-state index is 12.1. The summed E-state index contributed by atoms with van der Waals surface area (Å²) in [6.07, 6.45) is 2.72. The Bertz CT molecular complexity index is 392. The van der Waals surface area contributed by atoms with Crippen molar-refractivity contribution in [1.82, 2.24) is 9.62 Å². The van der Waals surface area contributed by atoms with Crippen LogP contribution in [0.25, 0.3) is 0 Å². The Labute approximate surface area is 110 Å². The third-order valence-corrected chi connectivity index (χ3v) is 4.86.